The number of ketones is 2. The van der Waals surface area contributed by atoms with Gasteiger partial charge in [-0.3, -0.25) is 14.4 Å². The van der Waals surface area contributed by atoms with Gasteiger partial charge in [0, 0.05) is 18.2 Å². The first-order valence-corrected chi connectivity index (χ1v) is 11.7. The highest BCUT2D eigenvalue weighted by atomic mass is 79.9. The number of aromatic amines is 1. The molecule has 0 aliphatic rings. The number of halogens is 4. The molecule has 0 saturated heterocycles. The fraction of sp³-hybridized carbons (Fsp3) is 0.304. The Labute approximate surface area is 221 Å². The van der Waals surface area contributed by atoms with E-state index in [9.17, 15) is 32.7 Å². The number of Topliss-reactive ketones (excluding diaryl/α,β-unsaturated/α-hetero) is 2. The average molecular weight is 600 g/mol. The molecule has 15 heteroatoms. The Balaban J connectivity index is 1.65. The van der Waals surface area contributed by atoms with Crippen molar-refractivity contribution in [2.24, 2.45) is 0 Å². The van der Waals surface area contributed by atoms with Gasteiger partial charge in [0.05, 0.1) is 23.2 Å². The molecule has 0 unspecified atom stereocenters. The van der Waals surface area contributed by atoms with Crippen molar-refractivity contribution in [2.75, 3.05) is 18.5 Å². The lowest BCUT2D eigenvalue weighted by molar-refractivity contribution is -0.125. The van der Waals surface area contributed by atoms with Crippen LogP contribution in [0.15, 0.2) is 28.7 Å². The molecule has 3 aromatic rings. The Morgan fingerprint density at radius 3 is 2.42 bits per heavy atom. The second-order valence-corrected chi connectivity index (χ2v) is 8.81. The van der Waals surface area contributed by atoms with Crippen molar-refractivity contribution in [1.29, 1.82) is 0 Å². The van der Waals surface area contributed by atoms with E-state index < -0.39 is 41.4 Å². The number of aromatic nitrogens is 4. The van der Waals surface area contributed by atoms with Gasteiger partial charge in [-0.05, 0) is 64.0 Å². The summed E-state index contributed by atoms with van der Waals surface area (Å²) in [7, 11) is 0. The van der Waals surface area contributed by atoms with E-state index in [0.29, 0.717) is 15.9 Å². The van der Waals surface area contributed by atoms with Crippen LogP contribution in [0.25, 0.3) is 0 Å². The standard InChI is InChI=1S/C23H21BrF3N5O6/c1-11-8-14(24)18(9-15(11)28-22(36)21-29-31-32-30-21)38-7-3-6-37-17-5-4-13(12(2)33)20(35)19(17)16(34)10-23(25,26)27/h4-5,8-9,35H,3,6-7,10H2,1-2H3,(H,28,36)(H,29,30,31,32). The lowest BCUT2D eigenvalue weighted by Crippen LogP contribution is -2.17. The van der Waals surface area contributed by atoms with Crippen LogP contribution in [0.3, 0.4) is 0 Å². The van der Waals surface area contributed by atoms with Gasteiger partial charge in [-0.15, -0.1) is 5.10 Å². The van der Waals surface area contributed by atoms with Gasteiger partial charge in [0.1, 0.15) is 29.2 Å². The van der Waals surface area contributed by atoms with Gasteiger partial charge in [-0.25, -0.2) is 5.10 Å². The molecular formula is C23H21BrF3N5O6. The van der Waals surface area contributed by atoms with Gasteiger partial charge in [0.15, 0.2) is 11.6 Å². The largest absolute Gasteiger partial charge is 0.506 e. The van der Waals surface area contributed by atoms with E-state index >= 15 is 0 Å². The Bertz CT molecular complexity index is 1350. The molecule has 0 atom stereocenters. The third kappa shape index (κ3) is 7.27. The van der Waals surface area contributed by atoms with Crippen LogP contribution in [0.2, 0.25) is 0 Å². The minimum absolute atomic E-state index is 0.0811. The number of amides is 1. The normalized spacial score (nSPS) is 11.2. The van der Waals surface area contributed by atoms with Crippen molar-refractivity contribution >= 4 is 39.1 Å². The number of carbonyl (C=O) groups excluding carboxylic acids is 3. The molecule has 1 heterocycles. The highest BCUT2D eigenvalue weighted by Crippen LogP contribution is 2.36. The van der Waals surface area contributed by atoms with Gasteiger partial charge < -0.3 is 19.9 Å². The summed E-state index contributed by atoms with van der Waals surface area (Å²) in [4.78, 5) is 36.1. The molecule has 11 nitrogen and oxygen atoms in total. The molecule has 0 bridgehead atoms. The average Bonchev–Trinajstić information content (AvgIpc) is 3.35. The number of phenols is 1. The number of nitrogens with zero attached hydrogens (tertiary/aromatic N) is 3. The molecule has 1 aromatic heterocycles. The number of carbonyl (C=O) groups is 3. The Morgan fingerprint density at radius 1 is 1.13 bits per heavy atom. The van der Waals surface area contributed by atoms with E-state index in [1.807, 2.05) is 0 Å². The number of hydrogen-bond acceptors (Lipinski definition) is 9. The fourth-order valence-electron chi connectivity index (χ4n) is 3.28. The highest BCUT2D eigenvalue weighted by Gasteiger charge is 2.34. The number of phenolic OH excluding ortho intramolecular Hbond substituents is 1. The lowest BCUT2D eigenvalue weighted by Gasteiger charge is -2.16. The van der Waals surface area contributed by atoms with Crippen LogP contribution >= 0.6 is 15.9 Å². The quantitative estimate of drug-likeness (QED) is 0.214. The molecule has 3 rings (SSSR count). The maximum Gasteiger partial charge on any atom is 0.396 e. The summed E-state index contributed by atoms with van der Waals surface area (Å²) in [6, 6.07) is 5.63. The molecule has 0 aliphatic carbocycles. The molecule has 38 heavy (non-hydrogen) atoms. The second-order valence-electron chi connectivity index (χ2n) is 7.96. The predicted octanol–water partition coefficient (Wildman–Crippen LogP) is 4.41. The van der Waals surface area contributed by atoms with Crippen LogP contribution in [0.1, 0.15) is 56.7 Å². The van der Waals surface area contributed by atoms with E-state index in [1.165, 1.54) is 6.07 Å². The summed E-state index contributed by atoms with van der Waals surface area (Å²) >= 11 is 3.38. The smallest absolute Gasteiger partial charge is 0.396 e. The third-order valence-electron chi connectivity index (χ3n) is 5.05. The van der Waals surface area contributed by atoms with Crippen LogP contribution in [0.4, 0.5) is 18.9 Å². The lowest BCUT2D eigenvalue weighted by atomic mass is 10.00. The summed E-state index contributed by atoms with van der Waals surface area (Å²) in [5.41, 5.74) is 0.158. The number of aromatic hydroxyl groups is 1. The third-order valence-corrected chi connectivity index (χ3v) is 5.67. The van der Waals surface area contributed by atoms with Crippen LogP contribution < -0.4 is 14.8 Å². The molecule has 0 fully saturated rings. The van der Waals surface area contributed by atoms with Gasteiger partial charge in [-0.2, -0.15) is 13.2 Å². The van der Waals surface area contributed by atoms with E-state index in [-0.39, 0.29) is 36.8 Å². The van der Waals surface area contributed by atoms with Crippen molar-refractivity contribution < 1.29 is 42.1 Å². The van der Waals surface area contributed by atoms with Crippen LogP contribution in [0.5, 0.6) is 17.2 Å². The number of nitrogens with one attached hydrogen (secondary N) is 2. The van der Waals surface area contributed by atoms with Gasteiger partial charge >= 0.3 is 6.18 Å². The molecule has 0 aliphatic heterocycles. The van der Waals surface area contributed by atoms with Crippen LogP contribution in [-0.2, 0) is 0 Å². The number of aryl methyl sites for hydroxylation is 1. The Hall–Kier alpha value is -4.01. The van der Waals surface area contributed by atoms with Crippen molar-refractivity contribution in [3.8, 4) is 17.2 Å². The number of tetrazole rings is 1. The number of H-pyrrole nitrogens is 1. The predicted molar refractivity (Wildman–Crippen MR) is 130 cm³/mol. The Morgan fingerprint density at radius 2 is 1.82 bits per heavy atom. The number of anilines is 1. The van der Waals surface area contributed by atoms with Crippen molar-refractivity contribution in [3.63, 3.8) is 0 Å². The van der Waals surface area contributed by atoms with E-state index in [2.05, 4.69) is 41.9 Å². The first-order valence-electron chi connectivity index (χ1n) is 10.9. The topological polar surface area (TPSA) is 156 Å². The SMILES string of the molecule is CC(=O)c1ccc(OCCCOc2cc(NC(=O)c3nnn[nH]3)c(C)cc2Br)c(C(=O)CC(F)(F)F)c1O. The molecule has 1 amide bonds. The zero-order valence-corrected chi connectivity index (χ0v) is 21.6. The minimum atomic E-state index is -4.81. The monoisotopic (exact) mass is 599 g/mol. The Kier molecular flexibility index (Phi) is 9.04. The zero-order chi connectivity index (χ0) is 28.0. The minimum Gasteiger partial charge on any atom is -0.506 e. The number of alkyl halides is 3. The highest BCUT2D eigenvalue weighted by molar-refractivity contribution is 9.10. The first-order chi connectivity index (χ1) is 17.9. The van der Waals surface area contributed by atoms with E-state index in [0.717, 1.165) is 18.6 Å². The van der Waals surface area contributed by atoms with Crippen LogP contribution in [-0.4, -0.2) is 62.6 Å². The van der Waals surface area contributed by atoms with E-state index in [4.69, 9.17) is 9.47 Å². The van der Waals surface area contributed by atoms with Gasteiger partial charge in [0.25, 0.3) is 5.91 Å². The molecule has 2 aromatic carbocycles. The molecular weight excluding hydrogens is 579 g/mol. The number of benzene rings is 2. The molecule has 0 spiro atoms. The first kappa shape index (κ1) is 28.6. The fourth-order valence-corrected chi connectivity index (χ4v) is 3.85. The van der Waals surface area contributed by atoms with Crippen molar-refractivity contribution in [2.45, 2.75) is 32.9 Å². The van der Waals surface area contributed by atoms with Gasteiger partial charge in [0.2, 0.25) is 5.82 Å². The van der Waals surface area contributed by atoms with Crippen molar-refractivity contribution in [1.82, 2.24) is 20.6 Å². The van der Waals surface area contributed by atoms with E-state index in [1.54, 1.807) is 19.1 Å². The summed E-state index contributed by atoms with van der Waals surface area (Å²) in [6.07, 6.45) is -6.41. The number of ether oxygens (including phenoxy) is 2. The van der Waals surface area contributed by atoms with Crippen molar-refractivity contribution in [3.05, 3.63) is 51.3 Å². The van der Waals surface area contributed by atoms with Gasteiger partial charge in [-0.1, -0.05) is 0 Å². The maximum atomic E-state index is 12.8. The molecule has 0 radical (unpaired) electrons. The molecule has 202 valence electrons. The van der Waals surface area contributed by atoms with Crippen LogP contribution in [0, 0.1) is 6.92 Å². The second kappa shape index (κ2) is 12.0. The summed E-state index contributed by atoms with van der Waals surface area (Å²) in [6.45, 7) is 2.87. The number of rotatable bonds is 11. The summed E-state index contributed by atoms with van der Waals surface area (Å²) < 4.78 is 50.2. The number of hydrogen-bond donors (Lipinski definition) is 3. The molecule has 3 N–H and O–H groups in total. The molecule has 0 saturated carbocycles. The summed E-state index contributed by atoms with van der Waals surface area (Å²) in [5.74, 6) is -3.46. The zero-order valence-electron chi connectivity index (χ0n) is 20.0. The maximum absolute atomic E-state index is 12.8. The summed E-state index contributed by atoms with van der Waals surface area (Å²) in [5, 5.41) is 25.5.